The van der Waals surface area contributed by atoms with Gasteiger partial charge in [0.05, 0.1) is 4.90 Å². The standard InChI is InChI=1S/C41H58N6O6S/c1-41(2,3)53-40(51)43-33-16-22-46(23-17-33)54(52)35-8-5-7-31(26-35)30-14-18-44(19-15-30)27-29-12-20-45(21-13-29)34-10-11-36-32(25-34)28-47(39(36)50)37(9-6-24-48)38(49)42-4/h5,7-8,10-11,24-26,29-30,33,37H,6,9,12-23,27-28H2,1-4H3,(H,42,49)(H,43,51). The average molecular weight is 763 g/mol. The van der Waals surface area contributed by atoms with Crippen LogP contribution in [0.25, 0.3) is 0 Å². The van der Waals surface area contributed by atoms with Crippen molar-refractivity contribution in [2.45, 2.75) is 107 Å². The van der Waals surface area contributed by atoms with Gasteiger partial charge < -0.3 is 34.9 Å². The Balaban J connectivity index is 0.938. The third kappa shape index (κ3) is 9.89. The quantitative estimate of drug-likeness (QED) is 0.294. The van der Waals surface area contributed by atoms with E-state index in [4.69, 9.17) is 4.74 Å². The van der Waals surface area contributed by atoms with E-state index in [-0.39, 0.29) is 24.3 Å². The van der Waals surface area contributed by atoms with Gasteiger partial charge in [-0.1, -0.05) is 12.1 Å². The Morgan fingerprint density at radius 1 is 0.963 bits per heavy atom. The minimum Gasteiger partial charge on any atom is -0.444 e. The van der Waals surface area contributed by atoms with Gasteiger partial charge in [-0.05, 0) is 132 Å². The molecule has 0 aliphatic carbocycles. The summed E-state index contributed by atoms with van der Waals surface area (Å²) in [6, 6.07) is 13.8. The molecule has 4 aliphatic rings. The molecule has 12 nitrogen and oxygen atoms in total. The van der Waals surface area contributed by atoms with E-state index in [0.29, 0.717) is 43.5 Å². The maximum atomic E-state index is 13.6. The van der Waals surface area contributed by atoms with E-state index in [1.54, 1.807) is 11.9 Å². The molecule has 2 unspecified atom stereocenters. The van der Waals surface area contributed by atoms with Gasteiger partial charge in [0, 0.05) is 70.0 Å². The SMILES string of the molecule is CNC(=O)C(CCC=O)N1Cc2cc(N3CCC(CN4CCC(c5cccc(S(=O)N6CCC(NC(=O)OC(C)(C)C)CC6)c5)CC4)CC3)ccc2C1=O. The van der Waals surface area contributed by atoms with E-state index < -0.39 is 28.7 Å². The summed E-state index contributed by atoms with van der Waals surface area (Å²) in [6.45, 7) is 12.4. The number of benzene rings is 2. The average Bonchev–Trinajstić information content (AvgIpc) is 3.49. The number of nitrogens with one attached hydrogen (secondary N) is 2. The van der Waals surface area contributed by atoms with Gasteiger partial charge in [0.2, 0.25) is 5.91 Å². The Hall–Kier alpha value is -3.81. The molecule has 3 amide bonds. The molecule has 0 spiro atoms. The van der Waals surface area contributed by atoms with Crippen LogP contribution in [0.1, 0.15) is 99.5 Å². The number of amides is 3. The number of carbonyl (C=O) groups excluding carboxylic acids is 4. The van der Waals surface area contributed by atoms with Crippen LogP contribution in [0.15, 0.2) is 47.4 Å². The fraction of sp³-hybridized carbons (Fsp3) is 0.610. The first-order valence-corrected chi connectivity index (χ1v) is 20.9. The second kappa shape index (κ2) is 17.8. The molecule has 2 aromatic rings. The van der Waals surface area contributed by atoms with Crippen LogP contribution >= 0.6 is 0 Å². The molecule has 4 aliphatic heterocycles. The second-order valence-electron chi connectivity index (χ2n) is 16.3. The van der Waals surface area contributed by atoms with Crippen LogP contribution in [0.2, 0.25) is 0 Å². The van der Waals surface area contributed by atoms with E-state index in [1.807, 2.05) is 49.3 Å². The number of carbonyl (C=O) groups is 4. The molecule has 0 saturated carbocycles. The van der Waals surface area contributed by atoms with Crippen molar-refractivity contribution in [1.29, 1.82) is 0 Å². The molecule has 2 aromatic carbocycles. The molecule has 0 bridgehead atoms. The molecule has 6 rings (SSSR count). The number of likely N-dealkylation sites (N-methyl/N-ethyl adjacent to an activating group) is 1. The molecule has 0 aromatic heterocycles. The summed E-state index contributed by atoms with van der Waals surface area (Å²) in [5.41, 5.74) is 3.45. The van der Waals surface area contributed by atoms with E-state index in [9.17, 15) is 23.4 Å². The summed E-state index contributed by atoms with van der Waals surface area (Å²) in [5, 5.41) is 5.61. The zero-order valence-corrected chi connectivity index (χ0v) is 33.2. The molecular formula is C41H58N6O6S. The number of nitrogens with zero attached hydrogens (tertiary/aromatic N) is 4. The first-order chi connectivity index (χ1) is 25.9. The topological polar surface area (TPSA) is 132 Å². The summed E-state index contributed by atoms with van der Waals surface area (Å²) < 4.78 is 21.0. The van der Waals surface area contributed by atoms with Gasteiger partial charge >= 0.3 is 6.09 Å². The van der Waals surface area contributed by atoms with Crippen molar-refractivity contribution >= 4 is 40.9 Å². The number of likely N-dealkylation sites (tertiary alicyclic amines) is 1. The van der Waals surface area contributed by atoms with Crippen LogP contribution in [-0.4, -0.2) is 113 Å². The number of hydrogen-bond acceptors (Lipinski definition) is 8. The highest BCUT2D eigenvalue weighted by Crippen LogP contribution is 2.34. The number of rotatable bonds is 12. The van der Waals surface area contributed by atoms with Crippen LogP contribution in [0.3, 0.4) is 0 Å². The molecule has 294 valence electrons. The highest BCUT2D eigenvalue weighted by molar-refractivity contribution is 7.82. The number of hydrogen-bond donors (Lipinski definition) is 2. The number of fused-ring (bicyclic) bond motifs is 1. The number of piperidine rings is 3. The lowest BCUT2D eigenvalue weighted by atomic mass is 9.88. The predicted octanol–water partition coefficient (Wildman–Crippen LogP) is 4.84. The van der Waals surface area contributed by atoms with Gasteiger partial charge in [-0.3, -0.25) is 9.59 Å². The van der Waals surface area contributed by atoms with Crippen LogP contribution in [-0.2, 0) is 31.9 Å². The fourth-order valence-electron chi connectivity index (χ4n) is 8.45. The highest BCUT2D eigenvalue weighted by atomic mass is 32.2. The van der Waals surface area contributed by atoms with Crippen molar-refractivity contribution in [1.82, 2.24) is 24.7 Å². The Labute approximate surface area is 322 Å². The zero-order chi connectivity index (χ0) is 38.4. The van der Waals surface area contributed by atoms with Crippen LogP contribution in [0.5, 0.6) is 0 Å². The Bertz CT molecular complexity index is 1670. The van der Waals surface area contributed by atoms with Crippen molar-refractivity contribution in [2.75, 3.05) is 57.8 Å². The summed E-state index contributed by atoms with van der Waals surface area (Å²) in [5.74, 6) is 0.712. The van der Waals surface area contributed by atoms with Gasteiger partial charge in [0.15, 0.2) is 0 Å². The molecule has 54 heavy (non-hydrogen) atoms. The molecule has 3 fully saturated rings. The molecule has 3 saturated heterocycles. The predicted molar refractivity (Wildman–Crippen MR) is 210 cm³/mol. The molecule has 0 radical (unpaired) electrons. The third-order valence-corrected chi connectivity index (χ3v) is 12.9. The Morgan fingerprint density at radius 3 is 2.35 bits per heavy atom. The van der Waals surface area contributed by atoms with Gasteiger partial charge in [-0.15, -0.1) is 0 Å². The highest BCUT2D eigenvalue weighted by Gasteiger charge is 2.36. The third-order valence-electron chi connectivity index (χ3n) is 11.4. The lowest BCUT2D eigenvalue weighted by molar-refractivity contribution is -0.125. The van der Waals surface area contributed by atoms with Gasteiger partial charge in [0.25, 0.3) is 5.91 Å². The molecule has 13 heteroatoms. The molecular weight excluding hydrogens is 705 g/mol. The van der Waals surface area contributed by atoms with Crippen molar-refractivity contribution in [3.05, 3.63) is 59.2 Å². The van der Waals surface area contributed by atoms with Gasteiger partial charge in [-0.25, -0.2) is 13.3 Å². The minimum absolute atomic E-state index is 0.0278. The van der Waals surface area contributed by atoms with Crippen molar-refractivity contribution in [3.63, 3.8) is 0 Å². The molecule has 2 N–H and O–H groups in total. The first-order valence-electron chi connectivity index (χ1n) is 19.7. The fourth-order valence-corrected chi connectivity index (χ4v) is 9.73. The summed E-state index contributed by atoms with van der Waals surface area (Å²) in [7, 11) is 0.325. The first kappa shape index (κ1) is 39.9. The smallest absolute Gasteiger partial charge is 0.407 e. The van der Waals surface area contributed by atoms with Crippen LogP contribution in [0.4, 0.5) is 10.5 Å². The van der Waals surface area contributed by atoms with Crippen molar-refractivity contribution in [3.8, 4) is 0 Å². The monoisotopic (exact) mass is 762 g/mol. The summed E-state index contributed by atoms with van der Waals surface area (Å²) in [4.78, 5) is 56.5. The second-order valence-corrected chi connectivity index (χ2v) is 17.8. The van der Waals surface area contributed by atoms with Gasteiger partial charge in [0.1, 0.15) is 28.9 Å². The number of aldehydes is 1. The normalized spacial score (nSPS) is 20.7. The van der Waals surface area contributed by atoms with Gasteiger partial charge in [-0.2, -0.15) is 0 Å². The van der Waals surface area contributed by atoms with Crippen molar-refractivity contribution < 1.29 is 28.1 Å². The lowest BCUT2D eigenvalue weighted by Crippen LogP contribution is -2.46. The largest absolute Gasteiger partial charge is 0.444 e. The lowest BCUT2D eigenvalue weighted by Gasteiger charge is -2.38. The number of alkyl carbamates (subject to hydrolysis) is 1. The zero-order valence-electron chi connectivity index (χ0n) is 32.4. The maximum Gasteiger partial charge on any atom is 0.407 e. The van der Waals surface area contributed by atoms with E-state index in [1.165, 1.54) is 5.56 Å². The number of anilines is 1. The van der Waals surface area contributed by atoms with Crippen LogP contribution < -0.4 is 15.5 Å². The number of ether oxygens (including phenoxy) is 1. The van der Waals surface area contributed by atoms with E-state index >= 15 is 0 Å². The van der Waals surface area contributed by atoms with Crippen LogP contribution in [0, 0.1) is 5.92 Å². The van der Waals surface area contributed by atoms with Crippen molar-refractivity contribution in [2.24, 2.45) is 5.92 Å². The Morgan fingerprint density at radius 2 is 1.69 bits per heavy atom. The summed E-state index contributed by atoms with van der Waals surface area (Å²) >= 11 is 0. The van der Waals surface area contributed by atoms with E-state index in [0.717, 1.165) is 93.7 Å². The molecule has 4 heterocycles. The Kier molecular flexibility index (Phi) is 13.1. The minimum atomic E-state index is -1.23. The summed E-state index contributed by atoms with van der Waals surface area (Å²) in [6.07, 6.45) is 6.85. The maximum absolute atomic E-state index is 13.6. The van der Waals surface area contributed by atoms with E-state index in [2.05, 4.69) is 38.6 Å². The molecule has 2 atom stereocenters.